The smallest absolute Gasteiger partial charge is 0.251 e. The number of carbonyl (C=O) groups excluding carboxylic acids is 1. The number of amides is 1. The minimum atomic E-state index is -0.203. The number of hydrogen-bond donors (Lipinski definition) is 2. The fraction of sp³-hybridized carbons (Fsp3) is 0.235. The van der Waals surface area contributed by atoms with Gasteiger partial charge in [-0.15, -0.1) is 0 Å². The summed E-state index contributed by atoms with van der Waals surface area (Å²) in [6.45, 7) is 9.12. The molecule has 2 N–H and O–H groups in total. The predicted molar refractivity (Wildman–Crippen MR) is 94.5 cm³/mol. The molecule has 1 aromatic carbocycles. The third-order valence-corrected chi connectivity index (χ3v) is 2.96. The first-order valence-corrected chi connectivity index (χ1v) is 7.17. The van der Waals surface area contributed by atoms with E-state index in [9.17, 15) is 4.79 Å². The molecule has 0 aliphatic rings. The molecule has 0 aliphatic carbocycles. The van der Waals surface area contributed by atoms with Crippen LogP contribution in [0, 0.1) is 5.41 Å². The summed E-state index contributed by atoms with van der Waals surface area (Å²) in [6.07, 6.45) is 1.78. The Bertz CT molecular complexity index is 631. The van der Waals surface area contributed by atoms with Crippen LogP contribution in [0.2, 0.25) is 0 Å². The Balaban J connectivity index is 2.68. The van der Waals surface area contributed by atoms with E-state index in [1.54, 1.807) is 26.8 Å². The Morgan fingerprint density at radius 3 is 2.41 bits per heavy atom. The average Bonchev–Trinajstić information content (AvgIpc) is 2.45. The Labute approximate surface area is 136 Å². The average molecular weight is 316 g/mol. The lowest BCUT2D eigenvalue weighted by molar-refractivity contribution is -0.116. The summed E-state index contributed by atoms with van der Waals surface area (Å²) < 4.78 is 5.53. The number of carbonyl (C=O) groups is 1. The Morgan fingerprint density at radius 2 is 1.91 bits per heavy atom. The number of rotatable bonds is 6. The van der Waals surface area contributed by atoms with Crippen molar-refractivity contribution in [1.82, 2.24) is 5.32 Å². The Morgan fingerprint density at radius 1 is 1.32 bits per heavy atom. The van der Waals surface area contributed by atoms with Gasteiger partial charge in [0.2, 0.25) is 0 Å². The molecular formula is C17H20N2O2S. The third-order valence-electron chi connectivity index (χ3n) is 2.85. The summed E-state index contributed by atoms with van der Waals surface area (Å²) in [5.74, 6) is 0.488. The van der Waals surface area contributed by atoms with Crippen LogP contribution in [0.3, 0.4) is 0 Å². The van der Waals surface area contributed by atoms with Gasteiger partial charge in [0.25, 0.3) is 5.91 Å². The van der Waals surface area contributed by atoms with Crippen molar-refractivity contribution in [3.05, 3.63) is 47.6 Å². The van der Waals surface area contributed by atoms with Crippen molar-refractivity contribution in [2.45, 2.75) is 20.8 Å². The Hall–Kier alpha value is -2.27. The van der Waals surface area contributed by atoms with Crippen molar-refractivity contribution < 1.29 is 9.53 Å². The first-order valence-electron chi connectivity index (χ1n) is 6.76. The summed E-state index contributed by atoms with van der Waals surface area (Å²) in [7, 11) is 0. The summed E-state index contributed by atoms with van der Waals surface area (Å²) in [5.41, 5.74) is 2.52. The van der Waals surface area contributed by atoms with Gasteiger partial charge in [-0.2, -0.15) is 0 Å². The van der Waals surface area contributed by atoms with Crippen molar-refractivity contribution in [2.75, 3.05) is 6.61 Å². The number of benzene rings is 1. The van der Waals surface area contributed by atoms with E-state index in [2.05, 4.69) is 11.9 Å². The van der Waals surface area contributed by atoms with Gasteiger partial charge in [-0.05, 0) is 44.5 Å². The molecule has 1 amide bonds. The summed E-state index contributed by atoms with van der Waals surface area (Å²) in [4.78, 5) is 12.2. The Kier molecular flexibility index (Phi) is 6.66. The second-order valence-corrected chi connectivity index (χ2v) is 5.54. The first kappa shape index (κ1) is 17.8. The van der Waals surface area contributed by atoms with Crippen LogP contribution in [0.15, 0.2) is 42.0 Å². The molecule has 0 unspecified atom stereocenters. The first-order chi connectivity index (χ1) is 10.3. The maximum absolute atomic E-state index is 11.7. The van der Waals surface area contributed by atoms with E-state index in [0.29, 0.717) is 34.2 Å². The minimum Gasteiger partial charge on any atom is -0.489 e. The fourth-order valence-electron chi connectivity index (χ4n) is 1.51. The molecule has 1 rings (SSSR count). The fourth-order valence-corrected chi connectivity index (χ4v) is 1.61. The highest BCUT2D eigenvalue weighted by Gasteiger charge is 2.04. The molecule has 0 bridgehead atoms. The zero-order chi connectivity index (χ0) is 16.7. The zero-order valence-electron chi connectivity index (χ0n) is 13.0. The molecular weight excluding hydrogens is 296 g/mol. The van der Waals surface area contributed by atoms with Gasteiger partial charge in [-0.25, -0.2) is 0 Å². The highest BCUT2D eigenvalue weighted by atomic mass is 32.1. The van der Waals surface area contributed by atoms with Crippen molar-refractivity contribution in [3.63, 3.8) is 0 Å². The van der Waals surface area contributed by atoms with E-state index >= 15 is 0 Å². The third kappa shape index (κ3) is 6.01. The summed E-state index contributed by atoms with van der Waals surface area (Å²) in [6, 6.07) is 7.34. The van der Waals surface area contributed by atoms with E-state index in [4.69, 9.17) is 22.4 Å². The topological polar surface area (TPSA) is 62.2 Å². The lowest BCUT2D eigenvalue weighted by Crippen LogP contribution is -2.27. The predicted octanol–water partition coefficient (Wildman–Crippen LogP) is 3.53. The van der Waals surface area contributed by atoms with Crippen molar-refractivity contribution in [3.8, 4) is 5.75 Å². The van der Waals surface area contributed by atoms with Gasteiger partial charge < -0.3 is 15.5 Å². The van der Waals surface area contributed by atoms with Gasteiger partial charge in [-0.3, -0.25) is 4.79 Å². The van der Waals surface area contributed by atoms with Crippen LogP contribution in [-0.2, 0) is 4.79 Å². The zero-order valence-corrected chi connectivity index (χ0v) is 13.8. The minimum absolute atomic E-state index is 0.203. The van der Waals surface area contributed by atoms with Gasteiger partial charge in [0.15, 0.2) is 0 Å². The van der Waals surface area contributed by atoms with Crippen molar-refractivity contribution in [1.29, 1.82) is 5.41 Å². The highest BCUT2D eigenvalue weighted by Crippen LogP contribution is 2.15. The van der Waals surface area contributed by atoms with Gasteiger partial charge >= 0.3 is 0 Å². The number of hydrogen-bond acceptors (Lipinski definition) is 4. The number of ether oxygens (including phenoxy) is 1. The van der Waals surface area contributed by atoms with Crippen LogP contribution in [0.25, 0.3) is 6.08 Å². The monoisotopic (exact) mass is 316 g/mol. The lowest BCUT2D eigenvalue weighted by atomic mass is 10.1. The van der Waals surface area contributed by atoms with Gasteiger partial charge in [0.1, 0.15) is 12.4 Å². The van der Waals surface area contributed by atoms with Gasteiger partial charge in [0, 0.05) is 16.9 Å². The van der Waals surface area contributed by atoms with E-state index in [1.807, 2.05) is 24.3 Å². The largest absolute Gasteiger partial charge is 0.489 e. The molecule has 0 aromatic heterocycles. The molecule has 0 radical (unpaired) electrons. The second-order valence-electron chi connectivity index (χ2n) is 4.92. The SMILES string of the molecule is C=C(COc1ccc(/C=C(\C)C(=O)NC(C)=S)cc1)C(C)=N. The number of nitrogens with one attached hydrogen (secondary N) is 2. The van der Waals surface area contributed by atoms with Crippen LogP contribution in [0.5, 0.6) is 5.75 Å². The van der Waals surface area contributed by atoms with E-state index in [-0.39, 0.29) is 5.91 Å². The molecule has 0 heterocycles. The highest BCUT2D eigenvalue weighted by molar-refractivity contribution is 7.80. The van der Waals surface area contributed by atoms with E-state index in [1.165, 1.54) is 0 Å². The van der Waals surface area contributed by atoms with Crippen molar-refractivity contribution >= 4 is 34.9 Å². The van der Waals surface area contributed by atoms with Crippen LogP contribution < -0.4 is 10.1 Å². The summed E-state index contributed by atoms with van der Waals surface area (Å²) in [5, 5.41) is 10.0. The van der Waals surface area contributed by atoms with Crippen LogP contribution in [0.1, 0.15) is 26.3 Å². The molecule has 1 aromatic rings. The van der Waals surface area contributed by atoms with Crippen LogP contribution in [-0.4, -0.2) is 23.2 Å². The second kappa shape index (κ2) is 8.24. The van der Waals surface area contributed by atoms with Crippen LogP contribution >= 0.6 is 12.2 Å². The molecule has 116 valence electrons. The molecule has 0 fully saturated rings. The van der Waals surface area contributed by atoms with Gasteiger partial charge in [0.05, 0.1) is 4.99 Å². The number of thiocarbonyl (C=S) groups is 1. The van der Waals surface area contributed by atoms with E-state index in [0.717, 1.165) is 5.56 Å². The molecule has 0 aliphatic heterocycles. The molecule has 0 atom stereocenters. The molecule has 0 spiro atoms. The quantitative estimate of drug-likeness (QED) is 0.479. The van der Waals surface area contributed by atoms with Crippen molar-refractivity contribution in [2.24, 2.45) is 0 Å². The summed E-state index contributed by atoms with van der Waals surface area (Å²) >= 11 is 4.84. The standard InChI is InChI=1S/C17H20N2O2S/c1-11(17(20)19-14(4)22)9-15-5-7-16(8-6-15)21-10-12(2)13(3)18/h5-9,18H,2,10H2,1,3-4H3,(H,19,20,22)/b11-9+,18-13?. The molecule has 0 saturated heterocycles. The molecule has 22 heavy (non-hydrogen) atoms. The van der Waals surface area contributed by atoms with Gasteiger partial charge in [-0.1, -0.05) is 30.9 Å². The normalized spacial score (nSPS) is 10.8. The lowest BCUT2D eigenvalue weighted by Gasteiger charge is -2.08. The maximum Gasteiger partial charge on any atom is 0.251 e. The molecule has 5 heteroatoms. The van der Waals surface area contributed by atoms with Crippen LogP contribution in [0.4, 0.5) is 0 Å². The maximum atomic E-state index is 11.7. The van der Waals surface area contributed by atoms with E-state index < -0.39 is 0 Å². The molecule has 4 nitrogen and oxygen atoms in total. The molecule has 0 saturated carbocycles.